The van der Waals surface area contributed by atoms with Gasteiger partial charge in [-0.3, -0.25) is 4.79 Å². The first-order valence-electron chi connectivity index (χ1n) is 7.81. The topological polar surface area (TPSA) is 86.8 Å². The van der Waals surface area contributed by atoms with Crippen LogP contribution in [0.5, 0.6) is 0 Å². The number of carbonyl (C=O) groups is 1. The van der Waals surface area contributed by atoms with Gasteiger partial charge in [0, 0.05) is 26.1 Å². The van der Waals surface area contributed by atoms with Crippen molar-refractivity contribution in [2.24, 2.45) is 0 Å². The van der Waals surface area contributed by atoms with Crippen molar-refractivity contribution in [3.8, 4) is 0 Å². The minimum atomic E-state index is -4.43. The number of anilines is 1. The lowest BCUT2D eigenvalue weighted by Gasteiger charge is -2.32. The van der Waals surface area contributed by atoms with Crippen molar-refractivity contribution in [3.05, 3.63) is 35.5 Å². The lowest BCUT2D eigenvalue weighted by atomic mass is 9.97. The van der Waals surface area contributed by atoms with E-state index in [9.17, 15) is 18.0 Å². The van der Waals surface area contributed by atoms with Crippen LogP contribution in [0.3, 0.4) is 0 Å². The van der Waals surface area contributed by atoms with Crippen LogP contribution in [0.15, 0.2) is 18.3 Å². The normalized spacial score (nSPS) is 18.2. The Hall–Kier alpha value is -2.65. The van der Waals surface area contributed by atoms with Gasteiger partial charge in [-0.15, -0.1) is 10.2 Å². The molecule has 0 bridgehead atoms. The third-order valence-corrected chi connectivity index (χ3v) is 4.14. The van der Waals surface area contributed by atoms with Crippen LogP contribution in [0.2, 0.25) is 0 Å². The van der Waals surface area contributed by atoms with Gasteiger partial charge in [-0.25, -0.2) is 4.98 Å². The van der Waals surface area contributed by atoms with E-state index in [0.717, 1.165) is 25.6 Å². The van der Waals surface area contributed by atoms with E-state index in [-0.39, 0.29) is 17.5 Å². The van der Waals surface area contributed by atoms with Crippen molar-refractivity contribution in [2.45, 2.75) is 24.9 Å². The lowest BCUT2D eigenvalue weighted by Crippen LogP contribution is -2.35. The number of imidazole rings is 1. The number of hydrogen-bond acceptors (Lipinski definition) is 5. The molecule has 25 heavy (non-hydrogen) atoms. The van der Waals surface area contributed by atoms with Gasteiger partial charge in [0.2, 0.25) is 0 Å². The molecule has 2 N–H and O–H groups in total. The molecule has 1 atom stereocenters. The molecular formula is C15H17F3N6O. The molecule has 3 rings (SSSR count). The molecule has 0 saturated carbocycles. The molecule has 1 aliphatic heterocycles. The first kappa shape index (κ1) is 17.2. The monoisotopic (exact) mass is 354 g/mol. The molecule has 1 aliphatic rings. The number of nitrogens with zero attached hydrogens (tertiary/aromatic N) is 4. The molecule has 134 valence electrons. The number of aromatic amines is 1. The van der Waals surface area contributed by atoms with Crippen LogP contribution in [-0.2, 0) is 6.18 Å². The molecular weight excluding hydrogens is 337 g/mol. The number of hydrogen-bond donors (Lipinski definition) is 2. The maximum atomic E-state index is 12.7. The highest BCUT2D eigenvalue weighted by Crippen LogP contribution is 2.31. The molecule has 3 heterocycles. The van der Waals surface area contributed by atoms with Gasteiger partial charge in [0.05, 0.1) is 6.20 Å². The number of alkyl halides is 3. The number of piperidine rings is 1. The standard InChI is InChI=1S/C15H17F3N6O/c1-19-14(25)10-4-5-12(23-22-10)24-6-2-3-9(8-24)13-20-7-11(21-13)15(16,17)18/h4-5,7,9H,2-3,6,8H2,1H3,(H,19,25)(H,20,21)/t9-/m0/s1. The summed E-state index contributed by atoms with van der Waals surface area (Å²) in [4.78, 5) is 19.7. The summed E-state index contributed by atoms with van der Waals surface area (Å²) < 4.78 is 38.1. The van der Waals surface area contributed by atoms with Gasteiger partial charge in [0.15, 0.2) is 11.5 Å². The van der Waals surface area contributed by atoms with E-state index < -0.39 is 11.9 Å². The van der Waals surface area contributed by atoms with E-state index >= 15 is 0 Å². The summed E-state index contributed by atoms with van der Waals surface area (Å²) in [6, 6.07) is 3.25. The molecule has 10 heteroatoms. The number of aromatic nitrogens is 4. The Morgan fingerprint density at radius 1 is 1.36 bits per heavy atom. The average Bonchev–Trinajstić information content (AvgIpc) is 3.12. The van der Waals surface area contributed by atoms with Crippen molar-refractivity contribution >= 4 is 11.7 Å². The third-order valence-electron chi connectivity index (χ3n) is 4.14. The molecule has 2 aromatic rings. The number of carbonyl (C=O) groups excluding carboxylic acids is 1. The van der Waals surface area contributed by atoms with Gasteiger partial charge in [-0.1, -0.05) is 0 Å². The number of H-pyrrole nitrogens is 1. The second kappa shape index (κ2) is 6.69. The van der Waals surface area contributed by atoms with Crippen molar-refractivity contribution < 1.29 is 18.0 Å². The quantitative estimate of drug-likeness (QED) is 0.880. The summed E-state index contributed by atoms with van der Waals surface area (Å²) in [7, 11) is 1.51. The molecule has 7 nitrogen and oxygen atoms in total. The second-order valence-electron chi connectivity index (χ2n) is 5.82. The van der Waals surface area contributed by atoms with Gasteiger partial charge in [-0.05, 0) is 25.0 Å². The molecule has 1 fully saturated rings. The first-order chi connectivity index (χ1) is 11.9. The lowest BCUT2D eigenvalue weighted by molar-refractivity contribution is -0.141. The Labute approximate surface area is 141 Å². The van der Waals surface area contributed by atoms with Gasteiger partial charge >= 0.3 is 6.18 Å². The number of halogens is 3. The van der Waals surface area contributed by atoms with Crippen LogP contribution < -0.4 is 10.2 Å². The molecule has 1 saturated heterocycles. The maximum absolute atomic E-state index is 12.7. The number of rotatable bonds is 3. The molecule has 0 aliphatic carbocycles. The Bertz CT molecular complexity index is 742. The summed E-state index contributed by atoms with van der Waals surface area (Å²) in [6.45, 7) is 1.20. The molecule has 2 aromatic heterocycles. The van der Waals surface area contributed by atoms with Crippen molar-refractivity contribution in [1.82, 2.24) is 25.5 Å². The Kier molecular flexibility index (Phi) is 4.60. The van der Waals surface area contributed by atoms with Crippen molar-refractivity contribution in [3.63, 3.8) is 0 Å². The fourth-order valence-electron chi connectivity index (χ4n) is 2.84. The molecule has 1 amide bonds. The van der Waals surface area contributed by atoms with E-state index in [4.69, 9.17) is 0 Å². The van der Waals surface area contributed by atoms with Gasteiger partial charge < -0.3 is 15.2 Å². The van der Waals surface area contributed by atoms with Gasteiger partial charge in [-0.2, -0.15) is 13.2 Å². The zero-order valence-electron chi connectivity index (χ0n) is 13.5. The first-order valence-corrected chi connectivity index (χ1v) is 7.81. The highest BCUT2D eigenvalue weighted by molar-refractivity contribution is 5.91. The number of amides is 1. The largest absolute Gasteiger partial charge is 0.432 e. The summed E-state index contributed by atoms with van der Waals surface area (Å²) in [5.41, 5.74) is -0.630. The molecule has 0 unspecified atom stereocenters. The summed E-state index contributed by atoms with van der Waals surface area (Å²) in [5.74, 6) is 0.433. The van der Waals surface area contributed by atoms with Crippen LogP contribution in [0.4, 0.5) is 19.0 Å². The van der Waals surface area contributed by atoms with Crippen LogP contribution in [0.1, 0.15) is 40.8 Å². The van der Waals surface area contributed by atoms with Crippen molar-refractivity contribution in [2.75, 3.05) is 25.0 Å². The summed E-state index contributed by atoms with van der Waals surface area (Å²) >= 11 is 0. The SMILES string of the molecule is CNC(=O)c1ccc(N2CCC[C@H](c3ncc(C(F)(F)F)[nH]3)C2)nn1. The highest BCUT2D eigenvalue weighted by Gasteiger charge is 2.34. The Morgan fingerprint density at radius 2 is 2.16 bits per heavy atom. The van der Waals surface area contributed by atoms with E-state index in [1.165, 1.54) is 7.05 Å². The van der Waals surface area contributed by atoms with Crippen LogP contribution in [0, 0.1) is 0 Å². The average molecular weight is 354 g/mol. The summed E-state index contributed by atoms with van der Waals surface area (Å²) in [5, 5.41) is 10.4. The van der Waals surface area contributed by atoms with E-state index in [0.29, 0.717) is 18.2 Å². The Morgan fingerprint density at radius 3 is 2.76 bits per heavy atom. The van der Waals surface area contributed by atoms with Gasteiger partial charge in [0.1, 0.15) is 11.5 Å². The molecule has 0 radical (unpaired) electrons. The fraction of sp³-hybridized carbons (Fsp3) is 0.467. The zero-order chi connectivity index (χ0) is 18.0. The highest BCUT2D eigenvalue weighted by atomic mass is 19.4. The number of nitrogens with one attached hydrogen (secondary N) is 2. The maximum Gasteiger partial charge on any atom is 0.432 e. The van der Waals surface area contributed by atoms with E-state index in [1.807, 2.05) is 4.90 Å². The Balaban J connectivity index is 1.73. The summed E-state index contributed by atoms with van der Waals surface area (Å²) in [6.07, 6.45) is -2.07. The second-order valence-corrected chi connectivity index (χ2v) is 5.82. The predicted molar refractivity (Wildman–Crippen MR) is 83.2 cm³/mol. The fourth-order valence-corrected chi connectivity index (χ4v) is 2.84. The van der Waals surface area contributed by atoms with Crippen LogP contribution in [0.25, 0.3) is 0 Å². The third kappa shape index (κ3) is 3.72. The minimum Gasteiger partial charge on any atom is -0.354 e. The van der Waals surface area contributed by atoms with Crippen LogP contribution in [-0.4, -0.2) is 46.2 Å². The van der Waals surface area contributed by atoms with Crippen molar-refractivity contribution in [1.29, 1.82) is 0 Å². The smallest absolute Gasteiger partial charge is 0.354 e. The van der Waals surface area contributed by atoms with E-state index in [1.54, 1.807) is 12.1 Å². The minimum absolute atomic E-state index is 0.148. The zero-order valence-corrected chi connectivity index (χ0v) is 13.5. The molecule has 0 aromatic carbocycles. The van der Waals surface area contributed by atoms with E-state index in [2.05, 4.69) is 25.5 Å². The van der Waals surface area contributed by atoms with Gasteiger partial charge in [0.25, 0.3) is 5.91 Å². The van der Waals surface area contributed by atoms with Crippen LogP contribution >= 0.6 is 0 Å². The molecule has 0 spiro atoms. The predicted octanol–water partition coefficient (Wildman–Crippen LogP) is 1.96.